The molecule has 0 amide bonds. The highest BCUT2D eigenvalue weighted by molar-refractivity contribution is 6.62. The fourth-order valence-corrected chi connectivity index (χ4v) is 2.01. The van der Waals surface area contributed by atoms with Gasteiger partial charge in [0.05, 0.1) is 18.3 Å². The Hall–Kier alpha value is -1.40. The van der Waals surface area contributed by atoms with Crippen LogP contribution in [0.1, 0.15) is 43.9 Å². The van der Waals surface area contributed by atoms with Gasteiger partial charge in [0.15, 0.2) is 0 Å². The Balaban J connectivity index is 2.30. The van der Waals surface area contributed by atoms with Crippen LogP contribution in [-0.2, 0) is 14.0 Å². The van der Waals surface area contributed by atoms with Crippen LogP contribution in [0.15, 0.2) is 12.1 Å². The number of aryl methyl sites for hydroxylation is 1. The maximum atomic E-state index is 11.5. The lowest BCUT2D eigenvalue weighted by atomic mass is 9.78. The third-order valence-electron chi connectivity index (χ3n) is 4.03. The summed E-state index contributed by atoms with van der Waals surface area (Å²) in [5.74, 6) is -0.450. The van der Waals surface area contributed by atoms with Gasteiger partial charge in [-0.05, 0) is 40.7 Å². The van der Waals surface area contributed by atoms with Crippen molar-refractivity contribution >= 4 is 18.6 Å². The Morgan fingerprint density at radius 2 is 1.75 bits per heavy atom. The second-order valence-corrected chi connectivity index (χ2v) is 5.95. The van der Waals surface area contributed by atoms with Gasteiger partial charge >= 0.3 is 13.1 Å². The quantitative estimate of drug-likeness (QED) is 0.605. The summed E-state index contributed by atoms with van der Waals surface area (Å²) in [5, 5.41) is 0. The molecule has 5 nitrogen and oxygen atoms in total. The third kappa shape index (κ3) is 2.45. The van der Waals surface area contributed by atoms with Gasteiger partial charge in [0.25, 0.3) is 0 Å². The van der Waals surface area contributed by atoms with Crippen LogP contribution in [0.3, 0.4) is 0 Å². The van der Waals surface area contributed by atoms with Crippen LogP contribution in [0.4, 0.5) is 0 Å². The third-order valence-corrected chi connectivity index (χ3v) is 4.03. The van der Waals surface area contributed by atoms with E-state index in [9.17, 15) is 4.79 Å². The number of rotatable bonds is 2. The Labute approximate surface area is 119 Å². The molecule has 1 aromatic rings. The molecule has 1 aliphatic heterocycles. The van der Waals surface area contributed by atoms with Crippen LogP contribution >= 0.6 is 0 Å². The number of hydrogen-bond acceptors (Lipinski definition) is 5. The molecule has 0 spiro atoms. The van der Waals surface area contributed by atoms with Gasteiger partial charge in [0.2, 0.25) is 0 Å². The molecule has 1 saturated heterocycles. The number of methoxy groups -OCH3 is 1. The van der Waals surface area contributed by atoms with E-state index in [2.05, 4.69) is 9.72 Å². The molecule has 1 aliphatic rings. The number of esters is 1. The Morgan fingerprint density at radius 3 is 2.20 bits per heavy atom. The Morgan fingerprint density at radius 1 is 1.20 bits per heavy atom. The summed E-state index contributed by atoms with van der Waals surface area (Å²) in [7, 11) is 0.862. The number of carbonyl (C=O) groups excluding carboxylic acids is 1. The maximum absolute atomic E-state index is 11.5. The van der Waals surface area contributed by atoms with E-state index in [4.69, 9.17) is 9.31 Å². The molecule has 1 fully saturated rings. The van der Waals surface area contributed by atoms with Gasteiger partial charge in [-0.15, -0.1) is 0 Å². The molecule has 108 valence electrons. The SMILES string of the molecule is COC(=O)c1ccc(B2OC(C)(C)C(C)(C)O2)c(C)n1. The molecule has 0 radical (unpaired) electrons. The summed E-state index contributed by atoms with van der Waals surface area (Å²) >= 11 is 0. The first-order chi connectivity index (χ1) is 9.18. The second-order valence-electron chi connectivity index (χ2n) is 5.95. The molecule has 0 atom stereocenters. The van der Waals surface area contributed by atoms with Crippen molar-refractivity contribution < 1.29 is 18.8 Å². The molecule has 0 N–H and O–H groups in total. The van der Waals surface area contributed by atoms with Gasteiger partial charge in [-0.1, -0.05) is 6.07 Å². The van der Waals surface area contributed by atoms with E-state index in [0.717, 1.165) is 5.46 Å². The van der Waals surface area contributed by atoms with E-state index in [1.54, 1.807) is 12.1 Å². The topological polar surface area (TPSA) is 57.7 Å². The van der Waals surface area contributed by atoms with Crippen LogP contribution < -0.4 is 5.46 Å². The summed E-state index contributed by atoms with van der Waals surface area (Å²) in [4.78, 5) is 15.7. The smallest absolute Gasteiger partial charge is 0.464 e. The molecular weight excluding hydrogens is 257 g/mol. The van der Waals surface area contributed by atoms with Gasteiger partial charge in [0, 0.05) is 11.2 Å². The first-order valence-electron chi connectivity index (χ1n) is 6.59. The summed E-state index contributed by atoms with van der Waals surface area (Å²) < 4.78 is 16.6. The van der Waals surface area contributed by atoms with Crippen LogP contribution in [0.5, 0.6) is 0 Å². The number of carbonyl (C=O) groups is 1. The lowest BCUT2D eigenvalue weighted by molar-refractivity contribution is 0.00578. The van der Waals surface area contributed by atoms with Crippen molar-refractivity contribution in [2.24, 2.45) is 0 Å². The van der Waals surface area contributed by atoms with Gasteiger partial charge in [-0.3, -0.25) is 0 Å². The molecule has 0 saturated carbocycles. The van der Waals surface area contributed by atoms with E-state index >= 15 is 0 Å². The van der Waals surface area contributed by atoms with Crippen LogP contribution in [-0.4, -0.2) is 36.4 Å². The summed E-state index contributed by atoms with van der Waals surface area (Å²) in [6, 6.07) is 3.43. The first kappa shape index (κ1) is 15.0. The number of ether oxygens (including phenoxy) is 1. The molecular formula is C14H20BNO4. The summed E-state index contributed by atoms with van der Waals surface area (Å²) in [5.41, 5.74) is 1.02. The van der Waals surface area contributed by atoms with Crippen LogP contribution in [0.25, 0.3) is 0 Å². The minimum atomic E-state index is -0.473. The zero-order valence-corrected chi connectivity index (χ0v) is 12.8. The summed E-state index contributed by atoms with van der Waals surface area (Å²) in [6.45, 7) is 9.82. The largest absolute Gasteiger partial charge is 0.496 e. The molecule has 2 rings (SSSR count). The standard InChI is InChI=1S/C14H20BNO4/c1-9-10(7-8-11(16-9)12(17)18-6)15-19-13(2,3)14(4,5)20-15/h7-8H,1-6H3. The second kappa shape index (κ2) is 4.86. The minimum absolute atomic E-state index is 0.283. The van der Waals surface area contributed by atoms with Crippen LogP contribution in [0.2, 0.25) is 0 Å². The molecule has 2 heterocycles. The van der Waals surface area contributed by atoms with Crippen molar-refractivity contribution in [3.63, 3.8) is 0 Å². The molecule has 1 aromatic heterocycles. The summed E-state index contributed by atoms with van der Waals surface area (Å²) in [6.07, 6.45) is 0. The zero-order chi connectivity index (χ0) is 15.1. The Bertz CT molecular complexity index is 526. The first-order valence-corrected chi connectivity index (χ1v) is 6.59. The maximum Gasteiger partial charge on any atom is 0.496 e. The number of pyridine rings is 1. The predicted octanol–water partition coefficient (Wildman–Crippen LogP) is 1.48. The molecule has 0 unspecified atom stereocenters. The fraction of sp³-hybridized carbons (Fsp3) is 0.571. The lowest BCUT2D eigenvalue weighted by Crippen LogP contribution is -2.41. The van der Waals surface area contributed by atoms with Gasteiger partial charge < -0.3 is 14.0 Å². The minimum Gasteiger partial charge on any atom is -0.464 e. The normalized spacial score (nSPS) is 20.0. The zero-order valence-electron chi connectivity index (χ0n) is 12.8. The van der Waals surface area contributed by atoms with E-state index in [1.807, 2.05) is 34.6 Å². The highest BCUT2D eigenvalue weighted by Gasteiger charge is 2.52. The van der Waals surface area contributed by atoms with E-state index < -0.39 is 24.3 Å². The number of nitrogens with zero attached hydrogens (tertiary/aromatic N) is 1. The van der Waals surface area contributed by atoms with Crippen molar-refractivity contribution in [3.05, 3.63) is 23.5 Å². The van der Waals surface area contributed by atoms with Gasteiger partial charge in [-0.25, -0.2) is 9.78 Å². The monoisotopic (exact) mass is 277 g/mol. The number of hydrogen-bond donors (Lipinski definition) is 0. The Kier molecular flexibility index (Phi) is 3.65. The van der Waals surface area contributed by atoms with Crippen molar-refractivity contribution in [3.8, 4) is 0 Å². The molecule has 6 heteroatoms. The van der Waals surface area contributed by atoms with Crippen molar-refractivity contribution in [1.29, 1.82) is 0 Å². The molecule has 0 aliphatic carbocycles. The predicted molar refractivity (Wildman–Crippen MR) is 76.0 cm³/mol. The number of aromatic nitrogens is 1. The van der Waals surface area contributed by atoms with Crippen molar-refractivity contribution in [2.45, 2.75) is 45.8 Å². The lowest BCUT2D eigenvalue weighted by Gasteiger charge is -2.32. The molecule has 0 bridgehead atoms. The van der Waals surface area contributed by atoms with E-state index in [-0.39, 0.29) is 5.69 Å². The van der Waals surface area contributed by atoms with Crippen molar-refractivity contribution in [2.75, 3.05) is 7.11 Å². The fourth-order valence-electron chi connectivity index (χ4n) is 2.01. The average Bonchev–Trinajstić information content (AvgIpc) is 2.57. The molecule has 20 heavy (non-hydrogen) atoms. The van der Waals surface area contributed by atoms with Crippen molar-refractivity contribution in [1.82, 2.24) is 4.98 Å². The molecule has 0 aromatic carbocycles. The van der Waals surface area contributed by atoms with E-state index in [1.165, 1.54) is 7.11 Å². The average molecular weight is 277 g/mol. The van der Waals surface area contributed by atoms with E-state index in [0.29, 0.717) is 5.69 Å². The highest BCUT2D eigenvalue weighted by Crippen LogP contribution is 2.36. The van der Waals surface area contributed by atoms with Gasteiger partial charge in [-0.2, -0.15) is 0 Å². The van der Waals surface area contributed by atoms with Crippen LogP contribution in [0, 0.1) is 6.92 Å². The van der Waals surface area contributed by atoms with Gasteiger partial charge in [0.1, 0.15) is 5.69 Å². The highest BCUT2D eigenvalue weighted by atomic mass is 16.7.